The van der Waals surface area contributed by atoms with Crippen molar-refractivity contribution in [3.05, 3.63) is 12.2 Å². The number of rotatable bonds is 4. The lowest BCUT2D eigenvalue weighted by Gasteiger charge is -2.37. The van der Waals surface area contributed by atoms with Crippen LogP contribution in [0.2, 0.25) is 0 Å². The van der Waals surface area contributed by atoms with Crippen molar-refractivity contribution in [2.75, 3.05) is 0 Å². The van der Waals surface area contributed by atoms with Gasteiger partial charge in [0, 0.05) is 5.92 Å². The standard InChI is InChI=1S/C17H28O2/c1-13(18-15-7-5-4-6-8-15)19-17(3)12-16(2)10-9-14(17)11-16/h9-10,13-15H,4-8,11-12H2,1-3H3. The third-order valence-corrected chi connectivity index (χ3v) is 5.33. The van der Waals surface area contributed by atoms with Crippen molar-refractivity contribution in [2.45, 2.75) is 83.7 Å². The van der Waals surface area contributed by atoms with Crippen LogP contribution >= 0.6 is 0 Å². The molecule has 0 aromatic rings. The fourth-order valence-corrected chi connectivity index (χ4v) is 4.48. The maximum absolute atomic E-state index is 6.33. The maximum atomic E-state index is 6.33. The number of ether oxygens (including phenoxy) is 2. The summed E-state index contributed by atoms with van der Waals surface area (Å²) in [6, 6.07) is 0. The molecule has 2 heteroatoms. The highest BCUT2D eigenvalue weighted by molar-refractivity contribution is 5.21. The van der Waals surface area contributed by atoms with E-state index >= 15 is 0 Å². The van der Waals surface area contributed by atoms with E-state index in [1.165, 1.54) is 38.5 Å². The highest BCUT2D eigenvalue weighted by Crippen LogP contribution is 2.56. The van der Waals surface area contributed by atoms with Crippen LogP contribution in [-0.4, -0.2) is 18.0 Å². The molecule has 0 aliphatic heterocycles. The van der Waals surface area contributed by atoms with Gasteiger partial charge in [-0.1, -0.05) is 38.3 Å². The van der Waals surface area contributed by atoms with Crippen LogP contribution in [-0.2, 0) is 9.47 Å². The minimum Gasteiger partial charge on any atom is -0.350 e. The Bertz CT molecular complexity index is 358. The van der Waals surface area contributed by atoms with Crippen LogP contribution in [0.5, 0.6) is 0 Å². The zero-order valence-electron chi connectivity index (χ0n) is 12.7. The van der Waals surface area contributed by atoms with Gasteiger partial charge in [0.15, 0.2) is 6.29 Å². The summed E-state index contributed by atoms with van der Waals surface area (Å²) in [5.41, 5.74) is 0.349. The van der Waals surface area contributed by atoms with E-state index in [4.69, 9.17) is 9.47 Å². The van der Waals surface area contributed by atoms with Gasteiger partial charge in [-0.3, -0.25) is 0 Å². The van der Waals surface area contributed by atoms with E-state index in [-0.39, 0.29) is 11.9 Å². The van der Waals surface area contributed by atoms with Crippen molar-refractivity contribution in [3.8, 4) is 0 Å². The van der Waals surface area contributed by atoms with Crippen LogP contribution in [0.25, 0.3) is 0 Å². The van der Waals surface area contributed by atoms with Gasteiger partial charge in [-0.15, -0.1) is 0 Å². The SMILES string of the molecule is CC(OC1CCCCC1)OC1(C)CC2(C)C=CC1C2. The molecule has 4 atom stereocenters. The molecule has 0 spiro atoms. The smallest absolute Gasteiger partial charge is 0.155 e. The Morgan fingerprint density at radius 1 is 1.16 bits per heavy atom. The van der Waals surface area contributed by atoms with Gasteiger partial charge in [-0.25, -0.2) is 0 Å². The molecular formula is C17H28O2. The Labute approximate surface area is 117 Å². The van der Waals surface area contributed by atoms with Crippen LogP contribution < -0.4 is 0 Å². The monoisotopic (exact) mass is 264 g/mol. The Morgan fingerprint density at radius 2 is 1.89 bits per heavy atom. The lowest BCUT2D eigenvalue weighted by Crippen LogP contribution is -2.39. The molecule has 19 heavy (non-hydrogen) atoms. The van der Waals surface area contributed by atoms with E-state index in [1.54, 1.807) is 0 Å². The highest BCUT2D eigenvalue weighted by atomic mass is 16.7. The topological polar surface area (TPSA) is 18.5 Å². The van der Waals surface area contributed by atoms with E-state index < -0.39 is 0 Å². The summed E-state index contributed by atoms with van der Waals surface area (Å²) in [4.78, 5) is 0. The quantitative estimate of drug-likeness (QED) is 0.552. The number of hydrogen-bond donors (Lipinski definition) is 0. The number of hydrogen-bond acceptors (Lipinski definition) is 2. The van der Waals surface area contributed by atoms with Crippen LogP contribution in [0, 0.1) is 11.3 Å². The molecule has 2 saturated carbocycles. The first-order valence-electron chi connectivity index (χ1n) is 8.02. The molecule has 0 aromatic heterocycles. The number of fused-ring (bicyclic) bond motifs is 2. The van der Waals surface area contributed by atoms with Crippen LogP contribution in [0.15, 0.2) is 12.2 Å². The van der Waals surface area contributed by atoms with Gasteiger partial charge in [0.05, 0.1) is 11.7 Å². The normalized spacial score (nSPS) is 43.8. The van der Waals surface area contributed by atoms with Crippen LogP contribution in [0.4, 0.5) is 0 Å². The Morgan fingerprint density at radius 3 is 2.47 bits per heavy atom. The molecule has 0 saturated heterocycles. The molecule has 2 fully saturated rings. The Kier molecular flexibility index (Phi) is 3.51. The minimum atomic E-state index is -0.0653. The second-order valence-electron chi connectivity index (χ2n) is 7.39. The average molecular weight is 264 g/mol. The van der Waals surface area contributed by atoms with Gasteiger partial charge in [0.25, 0.3) is 0 Å². The summed E-state index contributed by atoms with van der Waals surface area (Å²) in [6.45, 7) is 6.70. The maximum Gasteiger partial charge on any atom is 0.155 e. The highest BCUT2D eigenvalue weighted by Gasteiger charge is 2.52. The van der Waals surface area contributed by atoms with E-state index in [0.717, 1.165) is 6.42 Å². The van der Waals surface area contributed by atoms with Crippen molar-refractivity contribution >= 4 is 0 Å². The van der Waals surface area contributed by atoms with Crippen LogP contribution in [0.3, 0.4) is 0 Å². The first-order chi connectivity index (χ1) is 8.99. The van der Waals surface area contributed by atoms with Crippen molar-refractivity contribution in [1.29, 1.82) is 0 Å². The van der Waals surface area contributed by atoms with Crippen molar-refractivity contribution in [2.24, 2.45) is 11.3 Å². The molecule has 4 unspecified atom stereocenters. The molecule has 0 N–H and O–H groups in total. The van der Waals surface area contributed by atoms with E-state index in [0.29, 0.717) is 17.4 Å². The third-order valence-electron chi connectivity index (χ3n) is 5.33. The van der Waals surface area contributed by atoms with Crippen molar-refractivity contribution in [3.63, 3.8) is 0 Å². The third kappa shape index (κ3) is 2.75. The summed E-state index contributed by atoms with van der Waals surface area (Å²) in [5.74, 6) is 0.579. The van der Waals surface area contributed by atoms with Crippen molar-refractivity contribution < 1.29 is 9.47 Å². The summed E-state index contributed by atoms with van der Waals surface area (Å²) in [6.07, 6.45) is 13.9. The molecule has 108 valence electrons. The minimum absolute atomic E-state index is 0.0163. The van der Waals surface area contributed by atoms with Crippen molar-refractivity contribution in [1.82, 2.24) is 0 Å². The van der Waals surface area contributed by atoms with Gasteiger partial charge in [0.2, 0.25) is 0 Å². The molecule has 0 aromatic carbocycles. The second kappa shape index (κ2) is 4.89. The van der Waals surface area contributed by atoms with Gasteiger partial charge in [0.1, 0.15) is 0 Å². The molecule has 0 heterocycles. The van der Waals surface area contributed by atoms with Gasteiger partial charge in [-0.05, 0) is 44.9 Å². The second-order valence-corrected chi connectivity index (χ2v) is 7.39. The summed E-state index contributed by atoms with van der Waals surface area (Å²) in [7, 11) is 0. The zero-order chi connectivity index (χ0) is 13.5. The Hall–Kier alpha value is -0.340. The predicted molar refractivity (Wildman–Crippen MR) is 76.9 cm³/mol. The lowest BCUT2D eigenvalue weighted by atomic mass is 9.84. The lowest BCUT2D eigenvalue weighted by molar-refractivity contribution is -0.226. The fourth-order valence-electron chi connectivity index (χ4n) is 4.48. The van der Waals surface area contributed by atoms with E-state index in [1.807, 2.05) is 0 Å². The van der Waals surface area contributed by atoms with E-state index in [9.17, 15) is 0 Å². The molecule has 0 radical (unpaired) electrons. The molecule has 2 nitrogen and oxygen atoms in total. The average Bonchev–Trinajstić information content (AvgIpc) is 2.82. The molecule has 0 amide bonds. The van der Waals surface area contributed by atoms with Crippen LogP contribution in [0.1, 0.15) is 65.7 Å². The summed E-state index contributed by atoms with van der Waals surface area (Å²) < 4.78 is 12.4. The van der Waals surface area contributed by atoms with Gasteiger partial charge >= 0.3 is 0 Å². The predicted octanol–water partition coefficient (Wildman–Crippen LogP) is 4.44. The Balaban J connectivity index is 1.55. The fraction of sp³-hybridized carbons (Fsp3) is 0.882. The van der Waals surface area contributed by atoms with E-state index in [2.05, 4.69) is 32.9 Å². The van der Waals surface area contributed by atoms with Gasteiger partial charge < -0.3 is 9.47 Å². The number of allylic oxidation sites excluding steroid dienone is 1. The molecule has 3 aliphatic carbocycles. The zero-order valence-corrected chi connectivity index (χ0v) is 12.7. The molecule has 3 rings (SSSR count). The molecular weight excluding hydrogens is 236 g/mol. The first kappa shape index (κ1) is 13.6. The molecule has 2 bridgehead atoms. The molecule has 3 aliphatic rings. The summed E-state index contributed by atoms with van der Waals surface area (Å²) in [5, 5.41) is 0. The first-order valence-corrected chi connectivity index (χ1v) is 8.02. The largest absolute Gasteiger partial charge is 0.350 e. The summed E-state index contributed by atoms with van der Waals surface area (Å²) >= 11 is 0. The van der Waals surface area contributed by atoms with Gasteiger partial charge in [-0.2, -0.15) is 0 Å².